The molecule has 0 atom stereocenters. The van der Waals surface area contributed by atoms with Crippen molar-refractivity contribution < 1.29 is 18.7 Å². The number of rotatable bonds is 7. The SMILES string of the molecule is NC(=O)COc1ccc(NC(=O)c2ccccc2-c2ncc(-c3ccccc3)o2)cc1. The number of anilines is 1. The summed E-state index contributed by atoms with van der Waals surface area (Å²) in [6.07, 6.45) is 1.64. The third-order valence-electron chi connectivity index (χ3n) is 4.46. The molecule has 4 rings (SSSR count). The lowest BCUT2D eigenvalue weighted by molar-refractivity contribution is -0.119. The Morgan fingerprint density at radius 1 is 0.935 bits per heavy atom. The van der Waals surface area contributed by atoms with Crippen LogP contribution in [0.2, 0.25) is 0 Å². The smallest absolute Gasteiger partial charge is 0.256 e. The van der Waals surface area contributed by atoms with Crippen LogP contribution < -0.4 is 15.8 Å². The fraction of sp³-hybridized carbons (Fsp3) is 0.0417. The molecule has 0 saturated carbocycles. The first-order valence-electron chi connectivity index (χ1n) is 9.53. The number of ether oxygens (including phenoxy) is 1. The quantitative estimate of drug-likeness (QED) is 0.474. The van der Waals surface area contributed by atoms with Crippen LogP contribution in [0.4, 0.5) is 5.69 Å². The summed E-state index contributed by atoms with van der Waals surface area (Å²) in [6, 6.07) is 23.4. The summed E-state index contributed by atoms with van der Waals surface area (Å²) in [5.74, 6) is 0.597. The van der Waals surface area contributed by atoms with Gasteiger partial charge in [0.2, 0.25) is 5.89 Å². The topological polar surface area (TPSA) is 107 Å². The molecule has 154 valence electrons. The summed E-state index contributed by atoms with van der Waals surface area (Å²) in [5.41, 5.74) is 7.56. The van der Waals surface area contributed by atoms with Crippen LogP contribution in [0.25, 0.3) is 22.8 Å². The fourth-order valence-corrected chi connectivity index (χ4v) is 2.99. The van der Waals surface area contributed by atoms with Gasteiger partial charge in [0.25, 0.3) is 11.8 Å². The van der Waals surface area contributed by atoms with Crippen LogP contribution in [0.1, 0.15) is 10.4 Å². The van der Waals surface area contributed by atoms with Gasteiger partial charge in [-0.15, -0.1) is 0 Å². The van der Waals surface area contributed by atoms with Crippen LogP contribution in [0.3, 0.4) is 0 Å². The molecular weight excluding hydrogens is 394 g/mol. The maximum absolute atomic E-state index is 12.9. The van der Waals surface area contributed by atoms with Gasteiger partial charge < -0.3 is 20.2 Å². The lowest BCUT2D eigenvalue weighted by Crippen LogP contribution is -2.20. The van der Waals surface area contributed by atoms with Crippen molar-refractivity contribution in [1.82, 2.24) is 4.98 Å². The third kappa shape index (κ3) is 4.79. The molecular formula is C24H19N3O4. The maximum atomic E-state index is 12.9. The zero-order valence-electron chi connectivity index (χ0n) is 16.4. The second-order valence-corrected chi connectivity index (χ2v) is 6.67. The molecule has 4 aromatic rings. The van der Waals surface area contributed by atoms with E-state index in [0.717, 1.165) is 5.56 Å². The first kappa shape index (κ1) is 19.9. The number of benzene rings is 3. The average Bonchev–Trinajstić information content (AvgIpc) is 3.29. The molecule has 2 amide bonds. The monoisotopic (exact) mass is 413 g/mol. The molecule has 3 aromatic carbocycles. The molecule has 0 unspecified atom stereocenters. The van der Waals surface area contributed by atoms with Gasteiger partial charge in [-0.2, -0.15) is 0 Å². The Balaban J connectivity index is 1.53. The van der Waals surface area contributed by atoms with E-state index in [2.05, 4.69) is 10.3 Å². The minimum absolute atomic E-state index is 0.208. The highest BCUT2D eigenvalue weighted by Gasteiger charge is 2.17. The van der Waals surface area contributed by atoms with E-state index in [0.29, 0.717) is 34.2 Å². The highest BCUT2D eigenvalue weighted by Crippen LogP contribution is 2.28. The molecule has 0 aliphatic carbocycles. The van der Waals surface area contributed by atoms with Crippen molar-refractivity contribution in [1.29, 1.82) is 0 Å². The number of nitrogens with one attached hydrogen (secondary N) is 1. The van der Waals surface area contributed by atoms with Gasteiger partial charge in [-0.1, -0.05) is 42.5 Å². The number of nitrogens with zero attached hydrogens (tertiary/aromatic N) is 1. The molecule has 0 aliphatic rings. The van der Waals surface area contributed by atoms with Crippen LogP contribution in [-0.4, -0.2) is 23.4 Å². The minimum atomic E-state index is -0.559. The largest absolute Gasteiger partial charge is 0.484 e. The van der Waals surface area contributed by atoms with Crippen molar-refractivity contribution in [3.8, 4) is 28.5 Å². The van der Waals surface area contributed by atoms with Crippen LogP contribution in [-0.2, 0) is 4.79 Å². The normalized spacial score (nSPS) is 10.5. The van der Waals surface area contributed by atoms with Crippen LogP contribution in [0, 0.1) is 0 Å². The van der Waals surface area contributed by atoms with Gasteiger partial charge in [0.15, 0.2) is 12.4 Å². The predicted octanol–water partition coefficient (Wildman–Crippen LogP) is 4.13. The zero-order valence-corrected chi connectivity index (χ0v) is 16.4. The first-order valence-corrected chi connectivity index (χ1v) is 9.53. The van der Waals surface area contributed by atoms with Gasteiger partial charge in [-0.05, 0) is 36.4 Å². The molecule has 0 fully saturated rings. The zero-order chi connectivity index (χ0) is 21.6. The average molecular weight is 413 g/mol. The van der Waals surface area contributed by atoms with E-state index in [1.807, 2.05) is 36.4 Å². The highest BCUT2D eigenvalue weighted by molar-refractivity contribution is 6.08. The van der Waals surface area contributed by atoms with Crippen LogP contribution in [0.15, 0.2) is 89.5 Å². The lowest BCUT2D eigenvalue weighted by atomic mass is 10.1. The van der Waals surface area contributed by atoms with Crippen LogP contribution in [0.5, 0.6) is 5.75 Å². The second-order valence-electron chi connectivity index (χ2n) is 6.67. The number of primary amides is 1. The van der Waals surface area contributed by atoms with Crippen molar-refractivity contribution in [3.63, 3.8) is 0 Å². The lowest BCUT2D eigenvalue weighted by Gasteiger charge is -2.09. The standard InChI is InChI=1S/C24H19N3O4/c25-22(28)15-30-18-12-10-17(11-13-18)27-23(29)19-8-4-5-9-20(19)24-26-14-21(31-24)16-6-2-1-3-7-16/h1-14H,15H2,(H2,25,28)(H,27,29). The van der Waals surface area contributed by atoms with Gasteiger partial charge in [-0.25, -0.2) is 4.98 Å². The minimum Gasteiger partial charge on any atom is -0.484 e. The van der Waals surface area contributed by atoms with Crippen LogP contribution >= 0.6 is 0 Å². The summed E-state index contributed by atoms with van der Waals surface area (Å²) < 4.78 is 11.1. The predicted molar refractivity (Wildman–Crippen MR) is 116 cm³/mol. The summed E-state index contributed by atoms with van der Waals surface area (Å²) in [4.78, 5) is 28.1. The number of amides is 2. The number of oxazole rings is 1. The summed E-state index contributed by atoms with van der Waals surface area (Å²) in [7, 11) is 0. The van der Waals surface area contributed by atoms with E-state index >= 15 is 0 Å². The fourth-order valence-electron chi connectivity index (χ4n) is 2.99. The summed E-state index contributed by atoms with van der Waals surface area (Å²) in [5, 5.41) is 2.84. The molecule has 3 N–H and O–H groups in total. The van der Waals surface area contributed by atoms with E-state index in [4.69, 9.17) is 14.9 Å². The second kappa shape index (κ2) is 8.96. The number of aromatic nitrogens is 1. The molecule has 1 aromatic heterocycles. The Hall–Kier alpha value is -4.39. The molecule has 1 heterocycles. The number of carbonyl (C=O) groups excluding carboxylic acids is 2. The van der Waals surface area contributed by atoms with Crippen molar-refractivity contribution in [3.05, 3.63) is 90.6 Å². The third-order valence-corrected chi connectivity index (χ3v) is 4.46. The van der Waals surface area contributed by atoms with E-state index in [-0.39, 0.29) is 12.5 Å². The Kier molecular flexibility index (Phi) is 5.75. The molecule has 7 heteroatoms. The molecule has 0 spiro atoms. The van der Waals surface area contributed by atoms with Gasteiger partial charge in [0.05, 0.1) is 11.8 Å². The maximum Gasteiger partial charge on any atom is 0.256 e. The summed E-state index contributed by atoms with van der Waals surface area (Å²) in [6.45, 7) is -0.208. The molecule has 0 saturated heterocycles. The Labute approximate surface area is 178 Å². The molecule has 0 aliphatic heterocycles. The van der Waals surface area contributed by atoms with Crippen molar-refractivity contribution >= 4 is 17.5 Å². The van der Waals surface area contributed by atoms with Crippen molar-refractivity contribution in [2.24, 2.45) is 5.73 Å². The Morgan fingerprint density at radius 3 is 2.39 bits per heavy atom. The van der Waals surface area contributed by atoms with Crippen molar-refractivity contribution in [2.45, 2.75) is 0 Å². The van der Waals surface area contributed by atoms with Gasteiger partial charge in [-0.3, -0.25) is 9.59 Å². The molecule has 0 radical (unpaired) electrons. The van der Waals surface area contributed by atoms with E-state index in [1.54, 1.807) is 48.7 Å². The molecule has 7 nitrogen and oxygen atoms in total. The van der Waals surface area contributed by atoms with Gasteiger partial charge in [0.1, 0.15) is 5.75 Å². The highest BCUT2D eigenvalue weighted by atomic mass is 16.5. The van der Waals surface area contributed by atoms with Crippen molar-refractivity contribution in [2.75, 3.05) is 11.9 Å². The number of hydrogen-bond acceptors (Lipinski definition) is 5. The Bertz CT molecular complexity index is 1200. The molecule has 31 heavy (non-hydrogen) atoms. The first-order chi connectivity index (χ1) is 15.1. The van der Waals surface area contributed by atoms with E-state index in [9.17, 15) is 9.59 Å². The summed E-state index contributed by atoms with van der Waals surface area (Å²) >= 11 is 0. The number of nitrogens with two attached hydrogens (primary N) is 1. The number of hydrogen-bond donors (Lipinski definition) is 2. The number of carbonyl (C=O) groups is 2. The van der Waals surface area contributed by atoms with E-state index < -0.39 is 5.91 Å². The van der Waals surface area contributed by atoms with E-state index in [1.165, 1.54) is 0 Å². The van der Waals surface area contributed by atoms with Gasteiger partial charge >= 0.3 is 0 Å². The molecule has 0 bridgehead atoms. The van der Waals surface area contributed by atoms with Gasteiger partial charge in [0, 0.05) is 16.8 Å². The Morgan fingerprint density at radius 2 is 1.65 bits per heavy atom.